The van der Waals surface area contributed by atoms with Gasteiger partial charge in [0.15, 0.2) is 5.89 Å². The third-order valence-electron chi connectivity index (χ3n) is 1.45. The summed E-state index contributed by atoms with van der Waals surface area (Å²) in [6.07, 6.45) is 0. The quantitative estimate of drug-likeness (QED) is 0.717. The molecule has 0 atom stereocenters. The predicted molar refractivity (Wildman–Crippen MR) is 44.0 cm³/mol. The largest absolute Gasteiger partial charge is 0.436 e. The smallest absolute Gasteiger partial charge is 0.288 e. The van der Waals surface area contributed by atoms with Crippen molar-refractivity contribution in [1.29, 1.82) is 0 Å². The van der Waals surface area contributed by atoms with Gasteiger partial charge in [0.05, 0.1) is 5.69 Å². The Morgan fingerprint density at radius 3 is 2.67 bits per heavy atom. The van der Waals surface area contributed by atoms with Gasteiger partial charge >= 0.3 is 0 Å². The van der Waals surface area contributed by atoms with Gasteiger partial charge in [-0.1, -0.05) is 0 Å². The number of amides is 1. The van der Waals surface area contributed by atoms with Gasteiger partial charge in [-0.3, -0.25) is 4.79 Å². The molecule has 0 fully saturated rings. The van der Waals surface area contributed by atoms with E-state index < -0.39 is 0 Å². The minimum atomic E-state index is -0.199. The number of oxazole rings is 1. The van der Waals surface area contributed by atoms with E-state index in [1.807, 2.05) is 6.92 Å². The van der Waals surface area contributed by atoms with Gasteiger partial charge in [0.2, 0.25) is 5.76 Å². The van der Waals surface area contributed by atoms with Crippen molar-refractivity contribution >= 4 is 5.91 Å². The highest BCUT2D eigenvalue weighted by Gasteiger charge is 2.13. The molecule has 0 spiro atoms. The first-order chi connectivity index (χ1) is 5.65. The number of carbonyl (C=O) groups excluding carboxylic acids is 1. The molecule has 0 aliphatic carbocycles. The van der Waals surface area contributed by atoms with Crippen LogP contribution in [0.1, 0.15) is 29.1 Å². The normalized spacial score (nSPS) is 9.92. The lowest BCUT2D eigenvalue weighted by molar-refractivity contribution is 0.0926. The minimum Gasteiger partial charge on any atom is -0.436 e. The SMILES string of the molecule is CCNC(=O)c1oc(C)nc1C. The fourth-order valence-electron chi connectivity index (χ4n) is 0.983. The highest BCUT2D eigenvalue weighted by molar-refractivity contribution is 5.92. The van der Waals surface area contributed by atoms with Gasteiger partial charge in [-0.05, 0) is 13.8 Å². The first-order valence-electron chi connectivity index (χ1n) is 3.87. The number of nitrogens with zero attached hydrogens (tertiary/aromatic N) is 1. The van der Waals surface area contributed by atoms with Crippen LogP contribution in [0.25, 0.3) is 0 Å². The Kier molecular flexibility index (Phi) is 2.47. The minimum absolute atomic E-state index is 0.199. The molecule has 0 unspecified atom stereocenters. The van der Waals surface area contributed by atoms with Crippen LogP contribution >= 0.6 is 0 Å². The summed E-state index contributed by atoms with van der Waals surface area (Å²) < 4.78 is 5.11. The molecule has 0 aliphatic heterocycles. The summed E-state index contributed by atoms with van der Waals surface area (Å²) >= 11 is 0. The van der Waals surface area contributed by atoms with Crippen molar-refractivity contribution in [2.24, 2.45) is 0 Å². The van der Waals surface area contributed by atoms with E-state index in [0.29, 0.717) is 23.9 Å². The molecule has 12 heavy (non-hydrogen) atoms. The molecule has 1 aromatic rings. The summed E-state index contributed by atoms with van der Waals surface area (Å²) in [6.45, 7) is 5.92. The van der Waals surface area contributed by atoms with Crippen LogP contribution in [-0.4, -0.2) is 17.4 Å². The maximum absolute atomic E-state index is 11.2. The Morgan fingerprint density at radius 1 is 1.58 bits per heavy atom. The van der Waals surface area contributed by atoms with Crippen LogP contribution in [0.15, 0.2) is 4.42 Å². The monoisotopic (exact) mass is 168 g/mol. The molecule has 1 aromatic heterocycles. The van der Waals surface area contributed by atoms with E-state index in [0.717, 1.165) is 0 Å². The lowest BCUT2D eigenvalue weighted by Crippen LogP contribution is -2.22. The number of rotatable bonds is 2. The lowest BCUT2D eigenvalue weighted by Gasteiger charge is -1.96. The van der Waals surface area contributed by atoms with Crippen molar-refractivity contribution in [1.82, 2.24) is 10.3 Å². The van der Waals surface area contributed by atoms with E-state index in [1.165, 1.54) is 0 Å². The van der Waals surface area contributed by atoms with Crippen molar-refractivity contribution in [3.8, 4) is 0 Å². The fraction of sp³-hybridized carbons (Fsp3) is 0.500. The van der Waals surface area contributed by atoms with Crippen LogP contribution in [0.5, 0.6) is 0 Å². The maximum atomic E-state index is 11.2. The van der Waals surface area contributed by atoms with Crippen molar-refractivity contribution < 1.29 is 9.21 Å². The molecular weight excluding hydrogens is 156 g/mol. The molecule has 0 saturated heterocycles. The van der Waals surface area contributed by atoms with Crippen LogP contribution < -0.4 is 5.32 Å². The summed E-state index contributed by atoms with van der Waals surface area (Å²) in [4.78, 5) is 15.2. The lowest BCUT2D eigenvalue weighted by atomic mass is 10.3. The zero-order chi connectivity index (χ0) is 9.14. The predicted octanol–water partition coefficient (Wildman–Crippen LogP) is 1.04. The van der Waals surface area contributed by atoms with Crippen LogP contribution in [0.2, 0.25) is 0 Å². The number of nitrogens with one attached hydrogen (secondary N) is 1. The molecular formula is C8H12N2O2. The number of carbonyl (C=O) groups is 1. The van der Waals surface area contributed by atoms with E-state index >= 15 is 0 Å². The van der Waals surface area contributed by atoms with Gasteiger partial charge in [-0.2, -0.15) is 0 Å². The molecule has 4 nitrogen and oxygen atoms in total. The first-order valence-corrected chi connectivity index (χ1v) is 3.87. The number of hydrogen-bond donors (Lipinski definition) is 1. The second-order valence-electron chi connectivity index (χ2n) is 2.51. The standard InChI is InChI=1S/C8H12N2O2/c1-4-9-8(11)7-5(2)10-6(3)12-7/h4H2,1-3H3,(H,9,11). The van der Waals surface area contributed by atoms with Gasteiger partial charge in [-0.25, -0.2) is 4.98 Å². The summed E-state index contributed by atoms with van der Waals surface area (Å²) in [5.74, 6) is 0.638. The highest BCUT2D eigenvalue weighted by atomic mass is 16.4. The first kappa shape index (κ1) is 8.77. The maximum Gasteiger partial charge on any atom is 0.288 e. The summed E-state index contributed by atoms with van der Waals surface area (Å²) in [7, 11) is 0. The average molecular weight is 168 g/mol. The van der Waals surface area contributed by atoms with Gasteiger partial charge in [-0.15, -0.1) is 0 Å². The molecule has 0 saturated carbocycles. The summed E-state index contributed by atoms with van der Waals surface area (Å²) in [6, 6.07) is 0. The highest BCUT2D eigenvalue weighted by Crippen LogP contribution is 2.08. The number of hydrogen-bond acceptors (Lipinski definition) is 3. The molecule has 0 aromatic carbocycles. The van der Waals surface area contributed by atoms with Crippen LogP contribution in [0.4, 0.5) is 0 Å². The number of aromatic nitrogens is 1. The average Bonchev–Trinajstić information content (AvgIpc) is 2.30. The van der Waals surface area contributed by atoms with E-state index in [-0.39, 0.29) is 5.91 Å². The second kappa shape index (κ2) is 3.38. The van der Waals surface area contributed by atoms with Gasteiger partial charge < -0.3 is 9.73 Å². The van der Waals surface area contributed by atoms with Gasteiger partial charge in [0, 0.05) is 13.5 Å². The fourth-order valence-corrected chi connectivity index (χ4v) is 0.983. The zero-order valence-electron chi connectivity index (χ0n) is 7.47. The third kappa shape index (κ3) is 1.64. The van der Waals surface area contributed by atoms with Gasteiger partial charge in [0.25, 0.3) is 5.91 Å². The van der Waals surface area contributed by atoms with E-state index in [1.54, 1.807) is 13.8 Å². The van der Waals surface area contributed by atoms with Gasteiger partial charge in [0.1, 0.15) is 0 Å². The zero-order valence-corrected chi connectivity index (χ0v) is 7.47. The Bertz CT molecular complexity index is 291. The van der Waals surface area contributed by atoms with Crippen molar-refractivity contribution in [2.75, 3.05) is 6.54 Å². The summed E-state index contributed by atoms with van der Waals surface area (Å²) in [5.41, 5.74) is 0.637. The van der Waals surface area contributed by atoms with Crippen LogP contribution in [0.3, 0.4) is 0 Å². The summed E-state index contributed by atoms with van der Waals surface area (Å²) in [5, 5.41) is 2.64. The van der Waals surface area contributed by atoms with E-state index in [2.05, 4.69) is 10.3 Å². The molecule has 0 aliphatic rings. The van der Waals surface area contributed by atoms with E-state index in [9.17, 15) is 4.79 Å². The molecule has 1 N–H and O–H groups in total. The van der Waals surface area contributed by atoms with Crippen molar-refractivity contribution in [3.63, 3.8) is 0 Å². The Hall–Kier alpha value is -1.32. The molecule has 0 radical (unpaired) electrons. The molecule has 1 amide bonds. The second-order valence-corrected chi connectivity index (χ2v) is 2.51. The van der Waals surface area contributed by atoms with E-state index in [4.69, 9.17) is 4.42 Å². The molecule has 0 bridgehead atoms. The van der Waals surface area contributed by atoms with Crippen LogP contribution in [0, 0.1) is 13.8 Å². The molecule has 1 rings (SSSR count). The number of aryl methyl sites for hydroxylation is 2. The van der Waals surface area contributed by atoms with Crippen molar-refractivity contribution in [2.45, 2.75) is 20.8 Å². The third-order valence-corrected chi connectivity index (χ3v) is 1.45. The molecule has 66 valence electrons. The molecule has 4 heteroatoms. The topological polar surface area (TPSA) is 55.1 Å². The Balaban J connectivity index is 2.87. The van der Waals surface area contributed by atoms with Crippen LogP contribution in [-0.2, 0) is 0 Å². The molecule has 1 heterocycles. The van der Waals surface area contributed by atoms with Crippen molar-refractivity contribution in [3.05, 3.63) is 17.3 Å². The Labute approximate surface area is 71.0 Å². The Morgan fingerprint density at radius 2 is 2.25 bits per heavy atom.